The minimum absolute atomic E-state index is 0. The zero-order valence-electron chi connectivity index (χ0n) is 7.12. The summed E-state index contributed by atoms with van der Waals surface area (Å²) >= 11 is 0. The summed E-state index contributed by atoms with van der Waals surface area (Å²) in [7, 11) is 0. The zero-order valence-corrected chi connectivity index (χ0v) is 7.94. The Hall–Kier alpha value is 0.130. The molecule has 2 rings (SSSR count). The monoisotopic (exact) mass is 212 g/mol. The molecule has 0 aromatic carbocycles. The molecule has 0 aliphatic carbocycles. The highest BCUT2D eigenvalue weighted by atomic mass is 35.5. The van der Waals surface area contributed by atoms with Gasteiger partial charge in [0.2, 0.25) is 0 Å². The Morgan fingerprint density at radius 2 is 1.92 bits per heavy atom. The van der Waals surface area contributed by atoms with Crippen molar-refractivity contribution in [2.24, 2.45) is 0 Å². The molecule has 2 fully saturated rings. The number of morpholine rings is 1. The van der Waals surface area contributed by atoms with E-state index in [4.69, 9.17) is 9.47 Å². The summed E-state index contributed by atoms with van der Waals surface area (Å²) in [5.74, 6) is 0. The van der Waals surface area contributed by atoms with E-state index in [1.54, 1.807) is 0 Å². The van der Waals surface area contributed by atoms with Crippen molar-refractivity contribution in [3.8, 4) is 0 Å². The molecule has 4 nitrogen and oxygen atoms in total. The lowest BCUT2D eigenvalue weighted by Gasteiger charge is -2.22. The molecule has 0 aromatic heterocycles. The van der Waals surface area contributed by atoms with Crippen LogP contribution in [0.3, 0.4) is 0 Å². The van der Waals surface area contributed by atoms with Gasteiger partial charge < -0.3 is 20.9 Å². The second-order valence-corrected chi connectivity index (χ2v) is 2.89. The normalized spacial score (nSPS) is 30.5. The van der Waals surface area contributed by atoms with Gasteiger partial charge in [-0.25, -0.2) is 0 Å². The zero-order chi connectivity index (χ0) is 6.81. The maximum absolute atomic E-state index is 5.49. The van der Waals surface area contributed by atoms with Crippen molar-refractivity contribution in [1.82, 2.24) is 11.5 Å². The van der Waals surface area contributed by atoms with E-state index in [0.717, 1.165) is 32.7 Å². The maximum Gasteiger partial charge on any atom is 0.0835 e. The minimum atomic E-state index is 0. The standard InChI is InChI=1S/C7H13NO2.CH4.ClH.H3N/c1-2-9-6(4-8-1)3-7-5-10-7;;;/h6-8H,1-5H2;1H4;1H;1H3. The fourth-order valence-corrected chi connectivity index (χ4v) is 1.27. The molecule has 0 amide bonds. The quantitative estimate of drug-likeness (QED) is 0.670. The largest absolute Gasteiger partial charge is 0.375 e. The van der Waals surface area contributed by atoms with Crippen LogP contribution in [-0.2, 0) is 9.47 Å². The van der Waals surface area contributed by atoms with E-state index in [1.807, 2.05) is 0 Å². The van der Waals surface area contributed by atoms with Gasteiger partial charge >= 0.3 is 0 Å². The van der Waals surface area contributed by atoms with Gasteiger partial charge in [-0.3, -0.25) is 0 Å². The molecule has 2 heterocycles. The van der Waals surface area contributed by atoms with Crippen LogP contribution >= 0.6 is 12.4 Å². The Bertz CT molecular complexity index is 117. The Morgan fingerprint density at radius 1 is 1.23 bits per heavy atom. The predicted molar refractivity (Wildman–Crippen MR) is 56.0 cm³/mol. The van der Waals surface area contributed by atoms with Crippen LogP contribution in [0.2, 0.25) is 0 Å². The molecule has 5 heteroatoms. The van der Waals surface area contributed by atoms with Crippen molar-refractivity contribution in [1.29, 1.82) is 0 Å². The highest BCUT2D eigenvalue weighted by Gasteiger charge is 2.27. The average molecular weight is 213 g/mol. The molecule has 0 aromatic rings. The number of epoxide rings is 1. The third-order valence-corrected chi connectivity index (χ3v) is 1.93. The number of rotatable bonds is 2. The van der Waals surface area contributed by atoms with Crippen LogP contribution in [0.4, 0.5) is 0 Å². The van der Waals surface area contributed by atoms with Gasteiger partial charge in [-0.05, 0) is 0 Å². The molecule has 0 saturated carbocycles. The number of halogens is 1. The molecule has 13 heavy (non-hydrogen) atoms. The van der Waals surface area contributed by atoms with E-state index < -0.39 is 0 Å². The number of nitrogens with one attached hydrogen (secondary N) is 1. The van der Waals surface area contributed by atoms with Crippen molar-refractivity contribution >= 4 is 12.4 Å². The Labute approximate surface area is 86.4 Å². The van der Waals surface area contributed by atoms with Gasteiger partial charge in [-0.2, -0.15) is 0 Å². The molecule has 2 aliphatic rings. The molecule has 4 N–H and O–H groups in total. The van der Waals surface area contributed by atoms with E-state index in [1.165, 1.54) is 0 Å². The van der Waals surface area contributed by atoms with Gasteiger partial charge in [-0.15, -0.1) is 12.4 Å². The van der Waals surface area contributed by atoms with Crippen molar-refractivity contribution in [2.75, 3.05) is 26.3 Å². The van der Waals surface area contributed by atoms with Crippen LogP contribution in [0.15, 0.2) is 0 Å². The first-order chi connectivity index (χ1) is 4.95. The summed E-state index contributed by atoms with van der Waals surface area (Å²) in [6.45, 7) is 3.80. The first-order valence-electron chi connectivity index (χ1n) is 3.89. The lowest BCUT2D eigenvalue weighted by atomic mass is 10.2. The highest BCUT2D eigenvalue weighted by Crippen LogP contribution is 2.17. The average Bonchev–Trinajstić information content (AvgIpc) is 2.74. The molecule has 2 aliphatic heterocycles. The summed E-state index contributed by atoms with van der Waals surface area (Å²) in [6.07, 6.45) is 1.98. The van der Waals surface area contributed by atoms with Gasteiger partial charge in [0.1, 0.15) is 0 Å². The van der Waals surface area contributed by atoms with Gasteiger partial charge in [0, 0.05) is 19.5 Å². The second kappa shape index (κ2) is 7.53. The topological polar surface area (TPSA) is 68.8 Å². The van der Waals surface area contributed by atoms with Gasteiger partial charge in [-0.1, -0.05) is 7.43 Å². The molecule has 0 spiro atoms. The maximum atomic E-state index is 5.49. The third kappa shape index (κ3) is 5.44. The van der Waals surface area contributed by atoms with E-state index in [2.05, 4.69) is 5.32 Å². The van der Waals surface area contributed by atoms with Gasteiger partial charge in [0.15, 0.2) is 0 Å². The predicted octanol–water partition coefficient (Wildman–Crippen LogP) is 0.984. The first kappa shape index (κ1) is 15.6. The van der Waals surface area contributed by atoms with Crippen LogP contribution in [0, 0.1) is 0 Å². The Balaban J connectivity index is 0. The number of hydrogen-bond donors (Lipinski definition) is 2. The summed E-state index contributed by atoms with van der Waals surface area (Å²) in [4.78, 5) is 0. The van der Waals surface area contributed by atoms with Gasteiger partial charge in [0.25, 0.3) is 0 Å². The lowest BCUT2D eigenvalue weighted by Crippen LogP contribution is -2.39. The Morgan fingerprint density at radius 3 is 2.38 bits per heavy atom. The lowest BCUT2D eigenvalue weighted by molar-refractivity contribution is 0.0192. The number of ether oxygens (including phenoxy) is 2. The fourth-order valence-electron chi connectivity index (χ4n) is 1.27. The third-order valence-electron chi connectivity index (χ3n) is 1.93. The van der Waals surface area contributed by atoms with Crippen molar-refractivity contribution in [3.05, 3.63) is 0 Å². The Kier molecular flexibility index (Phi) is 9.03. The van der Waals surface area contributed by atoms with Crippen molar-refractivity contribution in [3.63, 3.8) is 0 Å². The summed E-state index contributed by atoms with van der Waals surface area (Å²) < 4.78 is 10.6. The molecular formula is C8H21ClN2O2. The van der Waals surface area contributed by atoms with Crippen LogP contribution < -0.4 is 11.5 Å². The van der Waals surface area contributed by atoms with Crippen LogP contribution in [0.25, 0.3) is 0 Å². The van der Waals surface area contributed by atoms with Crippen LogP contribution in [0.1, 0.15) is 13.8 Å². The van der Waals surface area contributed by atoms with Crippen molar-refractivity contribution < 1.29 is 9.47 Å². The first-order valence-corrected chi connectivity index (χ1v) is 3.89. The van der Waals surface area contributed by atoms with E-state index in [9.17, 15) is 0 Å². The van der Waals surface area contributed by atoms with E-state index in [-0.39, 0.29) is 26.0 Å². The molecule has 0 bridgehead atoms. The fraction of sp³-hybridized carbons (Fsp3) is 1.00. The highest BCUT2D eigenvalue weighted by molar-refractivity contribution is 5.85. The van der Waals surface area contributed by atoms with Crippen molar-refractivity contribution in [2.45, 2.75) is 26.1 Å². The molecule has 82 valence electrons. The smallest absolute Gasteiger partial charge is 0.0835 e. The summed E-state index contributed by atoms with van der Waals surface area (Å²) in [5.41, 5.74) is 0. The number of hydrogen-bond acceptors (Lipinski definition) is 4. The minimum Gasteiger partial charge on any atom is -0.375 e. The molecule has 2 atom stereocenters. The molecular weight excluding hydrogens is 192 g/mol. The SMILES string of the molecule is C.C1COC(CC2CO2)CN1.Cl.N. The van der Waals surface area contributed by atoms with E-state index >= 15 is 0 Å². The molecule has 0 radical (unpaired) electrons. The van der Waals surface area contributed by atoms with Crippen LogP contribution in [-0.4, -0.2) is 38.5 Å². The van der Waals surface area contributed by atoms with Gasteiger partial charge in [0.05, 0.1) is 25.4 Å². The second-order valence-electron chi connectivity index (χ2n) is 2.89. The molecule has 2 unspecified atom stereocenters. The van der Waals surface area contributed by atoms with E-state index in [0.29, 0.717) is 12.2 Å². The summed E-state index contributed by atoms with van der Waals surface area (Å²) in [5, 5.41) is 3.29. The molecule has 2 saturated heterocycles. The summed E-state index contributed by atoms with van der Waals surface area (Å²) in [6, 6.07) is 0. The van der Waals surface area contributed by atoms with Crippen LogP contribution in [0.5, 0.6) is 0 Å².